The Hall–Kier alpha value is -1.07. The summed E-state index contributed by atoms with van der Waals surface area (Å²) in [5.41, 5.74) is 0.103. The lowest BCUT2D eigenvalue weighted by Gasteiger charge is -2.16. The summed E-state index contributed by atoms with van der Waals surface area (Å²) < 4.78 is 8.76. The van der Waals surface area contributed by atoms with Gasteiger partial charge < -0.3 is 10.1 Å². The maximum absolute atomic E-state index is 12.1. The van der Waals surface area contributed by atoms with Crippen molar-refractivity contribution in [1.29, 1.82) is 0 Å². The van der Waals surface area contributed by atoms with Gasteiger partial charge in [0.1, 0.15) is 0 Å². The van der Waals surface area contributed by atoms with E-state index in [0.29, 0.717) is 19.2 Å². The van der Waals surface area contributed by atoms with Crippen LogP contribution in [0.1, 0.15) is 25.8 Å². The first-order valence-corrected chi connectivity index (χ1v) is 6.25. The Kier molecular flexibility index (Phi) is 4.02. The first-order chi connectivity index (χ1) is 8.26. The molecular weight excluding hydrogens is 218 g/mol. The zero-order chi connectivity index (χ0) is 12.3. The number of hydrogen-bond donors (Lipinski definition) is 1. The molecule has 1 aromatic heterocycles. The zero-order valence-electron chi connectivity index (χ0n) is 10.6. The fraction of sp³-hybridized carbons (Fsp3) is 0.750. The van der Waals surface area contributed by atoms with Gasteiger partial charge in [0, 0.05) is 38.1 Å². The van der Waals surface area contributed by atoms with E-state index in [1.807, 2.05) is 17.0 Å². The standard InChI is InChI=1S/C12H21N3O2/c1-3-13-10(9-17-2)8-14-6-7-15(12(14)16)11-4-5-11/h6-7,10-11,13H,3-5,8-9H2,1-2H3. The number of imidazole rings is 1. The minimum absolute atomic E-state index is 0.103. The molecule has 1 atom stereocenters. The molecule has 1 unspecified atom stereocenters. The molecule has 5 heteroatoms. The molecule has 96 valence electrons. The monoisotopic (exact) mass is 239 g/mol. The highest BCUT2D eigenvalue weighted by Gasteiger charge is 2.25. The van der Waals surface area contributed by atoms with Crippen molar-refractivity contribution in [2.45, 2.75) is 38.4 Å². The minimum atomic E-state index is 0.103. The van der Waals surface area contributed by atoms with Crippen LogP contribution in [0.25, 0.3) is 0 Å². The summed E-state index contributed by atoms with van der Waals surface area (Å²) in [7, 11) is 1.68. The molecule has 5 nitrogen and oxygen atoms in total. The predicted octanol–water partition coefficient (Wildman–Crippen LogP) is 0.609. The van der Waals surface area contributed by atoms with Crippen LogP contribution in [0, 0.1) is 0 Å². The van der Waals surface area contributed by atoms with Gasteiger partial charge in [-0.15, -0.1) is 0 Å². The average Bonchev–Trinajstić information content (AvgIpc) is 3.07. The maximum Gasteiger partial charge on any atom is 0.328 e. The van der Waals surface area contributed by atoms with Crippen molar-refractivity contribution in [3.63, 3.8) is 0 Å². The molecule has 2 rings (SSSR count). The Morgan fingerprint density at radius 2 is 2.29 bits per heavy atom. The number of aromatic nitrogens is 2. The van der Waals surface area contributed by atoms with E-state index in [0.717, 1.165) is 19.4 Å². The van der Waals surface area contributed by atoms with Crippen LogP contribution in [0.3, 0.4) is 0 Å². The predicted molar refractivity (Wildman–Crippen MR) is 66.3 cm³/mol. The lowest BCUT2D eigenvalue weighted by atomic mass is 10.3. The molecule has 0 amide bonds. The first kappa shape index (κ1) is 12.4. The highest BCUT2D eigenvalue weighted by atomic mass is 16.5. The van der Waals surface area contributed by atoms with Gasteiger partial charge in [0.25, 0.3) is 0 Å². The Morgan fingerprint density at radius 1 is 1.53 bits per heavy atom. The third-order valence-electron chi connectivity index (χ3n) is 3.09. The van der Waals surface area contributed by atoms with Gasteiger partial charge in [-0.05, 0) is 19.4 Å². The fourth-order valence-corrected chi connectivity index (χ4v) is 2.10. The largest absolute Gasteiger partial charge is 0.383 e. The van der Waals surface area contributed by atoms with Crippen molar-refractivity contribution in [2.24, 2.45) is 0 Å². The SMILES string of the molecule is CCNC(COC)Cn1ccn(C2CC2)c1=O. The molecule has 1 fully saturated rings. The van der Waals surface area contributed by atoms with Crippen LogP contribution in [0.4, 0.5) is 0 Å². The third kappa shape index (κ3) is 2.98. The van der Waals surface area contributed by atoms with Crippen LogP contribution in [0.15, 0.2) is 17.2 Å². The summed E-state index contributed by atoms with van der Waals surface area (Å²) in [6, 6.07) is 0.640. The van der Waals surface area contributed by atoms with E-state index < -0.39 is 0 Å². The van der Waals surface area contributed by atoms with E-state index in [-0.39, 0.29) is 11.7 Å². The number of ether oxygens (including phenoxy) is 1. The molecular formula is C12H21N3O2. The van der Waals surface area contributed by atoms with Crippen LogP contribution in [0.2, 0.25) is 0 Å². The van der Waals surface area contributed by atoms with Gasteiger partial charge in [0.15, 0.2) is 0 Å². The number of likely N-dealkylation sites (N-methyl/N-ethyl adjacent to an activating group) is 1. The summed E-state index contributed by atoms with van der Waals surface area (Å²) in [5, 5.41) is 3.32. The Balaban J connectivity index is 2.03. The van der Waals surface area contributed by atoms with E-state index >= 15 is 0 Å². The van der Waals surface area contributed by atoms with Crippen LogP contribution >= 0.6 is 0 Å². The molecule has 0 saturated heterocycles. The molecule has 1 aromatic rings. The first-order valence-electron chi connectivity index (χ1n) is 6.25. The van der Waals surface area contributed by atoms with Gasteiger partial charge in [-0.2, -0.15) is 0 Å². The van der Waals surface area contributed by atoms with E-state index in [9.17, 15) is 4.79 Å². The summed E-state index contributed by atoms with van der Waals surface area (Å²) in [6.45, 7) is 4.22. The topological polar surface area (TPSA) is 48.2 Å². The molecule has 1 saturated carbocycles. The zero-order valence-corrected chi connectivity index (χ0v) is 10.6. The number of hydrogen-bond acceptors (Lipinski definition) is 3. The van der Waals surface area contributed by atoms with Crippen LogP contribution in [-0.4, -0.2) is 35.4 Å². The molecule has 0 aromatic carbocycles. The quantitative estimate of drug-likeness (QED) is 0.758. The highest BCUT2D eigenvalue weighted by molar-refractivity contribution is 4.92. The molecule has 0 aliphatic heterocycles. The van der Waals surface area contributed by atoms with E-state index in [1.165, 1.54) is 0 Å². The van der Waals surface area contributed by atoms with Crippen LogP contribution in [0.5, 0.6) is 0 Å². The van der Waals surface area contributed by atoms with Crippen molar-refractivity contribution >= 4 is 0 Å². The second-order valence-corrected chi connectivity index (χ2v) is 4.58. The smallest absolute Gasteiger partial charge is 0.328 e. The number of nitrogens with one attached hydrogen (secondary N) is 1. The molecule has 1 N–H and O–H groups in total. The van der Waals surface area contributed by atoms with E-state index in [4.69, 9.17) is 4.74 Å². The Morgan fingerprint density at radius 3 is 2.88 bits per heavy atom. The van der Waals surface area contributed by atoms with Crippen molar-refractivity contribution in [2.75, 3.05) is 20.3 Å². The van der Waals surface area contributed by atoms with Gasteiger partial charge >= 0.3 is 5.69 Å². The molecule has 1 aliphatic carbocycles. The Bertz CT molecular complexity index is 400. The molecule has 1 heterocycles. The number of rotatable bonds is 7. The van der Waals surface area contributed by atoms with Gasteiger partial charge in [0.05, 0.1) is 6.61 Å². The van der Waals surface area contributed by atoms with E-state index in [2.05, 4.69) is 12.2 Å². The number of methoxy groups -OCH3 is 1. The second-order valence-electron chi connectivity index (χ2n) is 4.58. The molecule has 0 radical (unpaired) electrons. The number of nitrogens with zero attached hydrogens (tertiary/aromatic N) is 2. The van der Waals surface area contributed by atoms with Crippen molar-refractivity contribution in [3.05, 3.63) is 22.9 Å². The third-order valence-corrected chi connectivity index (χ3v) is 3.09. The van der Waals surface area contributed by atoms with Gasteiger partial charge in [-0.3, -0.25) is 9.13 Å². The molecule has 0 spiro atoms. The molecule has 17 heavy (non-hydrogen) atoms. The van der Waals surface area contributed by atoms with E-state index in [1.54, 1.807) is 11.7 Å². The van der Waals surface area contributed by atoms with Crippen LogP contribution < -0.4 is 11.0 Å². The normalized spacial score (nSPS) is 17.3. The maximum atomic E-state index is 12.1. The second kappa shape index (κ2) is 5.51. The lowest BCUT2D eigenvalue weighted by Crippen LogP contribution is -2.39. The molecule has 0 bridgehead atoms. The Labute approximate surface area is 101 Å². The summed E-state index contributed by atoms with van der Waals surface area (Å²) in [4.78, 5) is 12.1. The highest BCUT2D eigenvalue weighted by Crippen LogP contribution is 2.33. The van der Waals surface area contributed by atoms with Crippen LogP contribution in [-0.2, 0) is 11.3 Å². The van der Waals surface area contributed by atoms with Gasteiger partial charge in [-0.1, -0.05) is 6.92 Å². The summed E-state index contributed by atoms with van der Waals surface area (Å²) in [5.74, 6) is 0. The van der Waals surface area contributed by atoms with Crippen molar-refractivity contribution in [1.82, 2.24) is 14.5 Å². The van der Waals surface area contributed by atoms with Crippen molar-refractivity contribution in [3.8, 4) is 0 Å². The lowest BCUT2D eigenvalue weighted by molar-refractivity contribution is 0.159. The minimum Gasteiger partial charge on any atom is -0.383 e. The molecule has 1 aliphatic rings. The van der Waals surface area contributed by atoms with Crippen molar-refractivity contribution < 1.29 is 4.74 Å². The average molecular weight is 239 g/mol. The fourth-order valence-electron chi connectivity index (χ4n) is 2.10. The van der Waals surface area contributed by atoms with Gasteiger partial charge in [0.2, 0.25) is 0 Å². The van der Waals surface area contributed by atoms with Gasteiger partial charge in [-0.25, -0.2) is 4.79 Å². The summed E-state index contributed by atoms with van der Waals surface area (Å²) in [6.07, 6.45) is 6.05. The summed E-state index contributed by atoms with van der Waals surface area (Å²) >= 11 is 0.